The SMILES string of the molecule is CCNC(C)(CSC(C)CCO)C(=O)O. The Kier molecular flexibility index (Phi) is 6.96. The fraction of sp³-hybridized carbons (Fsp3) is 0.900. The number of aliphatic carboxylic acids is 1. The van der Waals surface area contributed by atoms with Crippen molar-refractivity contribution in [3.05, 3.63) is 0 Å². The monoisotopic (exact) mass is 235 g/mol. The molecule has 0 amide bonds. The van der Waals surface area contributed by atoms with Crippen LogP contribution in [0, 0.1) is 0 Å². The molecular formula is C10H21NO3S. The minimum atomic E-state index is -0.872. The van der Waals surface area contributed by atoms with Gasteiger partial charge in [0.05, 0.1) is 0 Å². The zero-order valence-electron chi connectivity index (χ0n) is 9.62. The number of likely N-dealkylation sites (N-methyl/N-ethyl adjacent to an activating group) is 1. The van der Waals surface area contributed by atoms with E-state index in [4.69, 9.17) is 10.2 Å². The summed E-state index contributed by atoms with van der Waals surface area (Å²) in [5.41, 5.74) is -0.872. The molecule has 0 bridgehead atoms. The molecule has 0 radical (unpaired) electrons. The molecule has 0 aromatic carbocycles. The van der Waals surface area contributed by atoms with E-state index in [2.05, 4.69) is 5.32 Å². The van der Waals surface area contributed by atoms with Crippen LogP contribution in [-0.2, 0) is 4.79 Å². The summed E-state index contributed by atoms with van der Waals surface area (Å²) in [6, 6.07) is 0. The Balaban J connectivity index is 4.12. The molecule has 90 valence electrons. The molecule has 2 atom stereocenters. The van der Waals surface area contributed by atoms with Crippen LogP contribution in [0.1, 0.15) is 27.2 Å². The summed E-state index contributed by atoms with van der Waals surface area (Å²) >= 11 is 1.57. The van der Waals surface area contributed by atoms with Gasteiger partial charge in [0.2, 0.25) is 0 Å². The summed E-state index contributed by atoms with van der Waals surface area (Å²) in [6.45, 7) is 6.37. The summed E-state index contributed by atoms with van der Waals surface area (Å²) in [4.78, 5) is 11.1. The molecule has 0 aliphatic heterocycles. The molecule has 2 unspecified atom stereocenters. The highest BCUT2D eigenvalue weighted by Crippen LogP contribution is 2.20. The van der Waals surface area contributed by atoms with E-state index in [0.29, 0.717) is 18.7 Å². The number of rotatable bonds is 8. The molecule has 15 heavy (non-hydrogen) atoms. The van der Waals surface area contributed by atoms with Gasteiger partial charge < -0.3 is 15.5 Å². The van der Waals surface area contributed by atoms with Crippen molar-refractivity contribution in [1.82, 2.24) is 5.32 Å². The highest BCUT2D eigenvalue weighted by atomic mass is 32.2. The number of hydrogen-bond donors (Lipinski definition) is 3. The summed E-state index contributed by atoms with van der Waals surface area (Å²) in [7, 11) is 0. The molecule has 0 aliphatic carbocycles. The smallest absolute Gasteiger partial charge is 0.324 e. The second kappa shape index (κ2) is 7.09. The Morgan fingerprint density at radius 1 is 1.60 bits per heavy atom. The number of carboxylic acids is 1. The van der Waals surface area contributed by atoms with Gasteiger partial charge in [-0.2, -0.15) is 11.8 Å². The highest BCUT2D eigenvalue weighted by molar-refractivity contribution is 8.00. The van der Waals surface area contributed by atoms with Crippen LogP contribution in [0.2, 0.25) is 0 Å². The van der Waals surface area contributed by atoms with Crippen molar-refractivity contribution in [1.29, 1.82) is 0 Å². The molecular weight excluding hydrogens is 214 g/mol. The van der Waals surface area contributed by atoms with Crippen LogP contribution >= 0.6 is 11.8 Å². The standard InChI is InChI=1S/C10H21NO3S/c1-4-11-10(3,9(13)14)7-15-8(2)5-6-12/h8,11-12H,4-7H2,1-3H3,(H,13,14). The zero-order valence-corrected chi connectivity index (χ0v) is 10.4. The summed E-state index contributed by atoms with van der Waals surface area (Å²) in [5.74, 6) is -0.315. The summed E-state index contributed by atoms with van der Waals surface area (Å²) in [5, 5.41) is 21.1. The number of hydrogen-bond acceptors (Lipinski definition) is 4. The minimum absolute atomic E-state index is 0.152. The van der Waals surface area contributed by atoms with E-state index < -0.39 is 11.5 Å². The third kappa shape index (κ3) is 5.39. The van der Waals surface area contributed by atoms with E-state index in [1.54, 1.807) is 18.7 Å². The average Bonchev–Trinajstić information content (AvgIpc) is 2.15. The highest BCUT2D eigenvalue weighted by Gasteiger charge is 2.32. The molecule has 0 aromatic heterocycles. The molecule has 0 heterocycles. The normalized spacial score (nSPS) is 17.1. The number of nitrogens with one attached hydrogen (secondary N) is 1. The van der Waals surface area contributed by atoms with Crippen molar-refractivity contribution in [3.63, 3.8) is 0 Å². The molecule has 0 saturated heterocycles. The maximum Gasteiger partial charge on any atom is 0.324 e. The summed E-state index contributed by atoms with van der Waals surface area (Å²) < 4.78 is 0. The van der Waals surface area contributed by atoms with Gasteiger partial charge in [-0.25, -0.2) is 0 Å². The first-order chi connectivity index (χ1) is 6.96. The molecule has 4 nitrogen and oxygen atoms in total. The Morgan fingerprint density at radius 3 is 2.60 bits per heavy atom. The first-order valence-corrected chi connectivity index (χ1v) is 6.22. The van der Waals surface area contributed by atoms with Crippen LogP contribution in [-0.4, -0.2) is 45.9 Å². The number of aliphatic hydroxyl groups is 1. The third-order valence-corrected chi connectivity index (χ3v) is 3.78. The molecule has 3 N–H and O–H groups in total. The van der Waals surface area contributed by atoms with Crippen LogP contribution in [0.5, 0.6) is 0 Å². The van der Waals surface area contributed by atoms with Gasteiger partial charge in [0.1, 0.15) is 5.54 Å². The van der Waals surface area contributed by atoms with Gasteiger partial charge in [0.15, 0.2) is 0 Å². The predicted molar refractivity (Wildman–Crippen MR) is 63.3 cm³/mol. The quantitative estimate of drug-likeness (QED) is 0.584. The number of carbonyl (C=O) groups is 1. The van der Waals surface area contributed by atoms with E-state index in [1.807, 2.05) is 13.8 Å². The van der Waals surface area contributed by atoms with Crippen molar-refractivity contribution in [2.75, 3.05) is 18.9 Å². The molecule has 0 spiro atoms. The fourth-order valence-corrected chi connectivity index (χ4v) is 2.27. The van der Waals surface area contributed by atoms with Crippen LogP contribution < -0.4 is 5.32 Å². The van der Waals surface area contributed by atoms with Gasteiger partial charge in [-0.1, -0.05) is 13.8 Å². The molecule has 0 aliphatic rings. The second-order valence-corrected chi connectivity index (χ2v) is 5.23. The maximum atomic E-state index is 11.1. The van der Waals surface area contributed by atoms with Crippen molar-refractivity contribution >= 4 is 17.7 Å². The van der Waals surface area contributed by atoms with Gasteiger partial charge >= 0.3 is 5.97 Å². The van der Waals surface area contributed by atoms with Crippen LogP contribution in [0.25, 0.3) is 0 Å². The van der Waals surface area contributed by atoms with Crippen LogP contribution in [0.4, 0.5) is 0 Å². The molecule has 0 rings (SSSR count). The maximum absolute atomic E-state index is 11.1. The Labute approximate surface area is 95.4 Å². The van der Waals surface area contributed by atoms with Crippen molar-refractivity contribution in [2.24, 2.45) is 0 Å². The van der Waals surface area contributed by atoms with Gasteiger partial charge in [-0.05, 0) is 19.9 Å². The van der Waals surface area contributed by atoms with E-state index in [1.165, 1.54) is 0 Å². The molecule has 0 fully saturated rings. The van der Waals surface area contributed by atoms with Gasteiger partial charge in [0, 0.05) is 17.6 Å². The lowest BCUT2D eigenvalue weighted by atomic mass is 10.1. The average molecular weight is 235 g/mol. The lowest BCUT2D eigenvalue weighted by Gasteiger charge is -2.26. The first kappa shape index (κ1) is 14.7. The Hall–Kier alpha value is -0.260. The third-order valence-electron chi connectivity index (χ3n) is 2.23. The molecule has 0 saturated carbocycles. The summed E-state index contributed by atoms with van der Waals surface area (Å²) in [6.07, 6.45) is 0.701. The predicted octanol–water partition coefficient (Wildman–Crippen LogP) is 0.943. The lowest BCUT2D eigenvalue weighted by molar-refractivity contribution is -0.143. The molecule has 0 aromatic rings. The number of aliphatic hydroxyl groups excluding tert-OH is 1. The van der Waals surface area contributed by atoms with Gasteiger partial charge in [0.25, 0.3) is 0 Å². The fourth-order valence-electron chi connectivity index (χ4n) is 1.15. The number of carboxylic acid groups (broad SMARTS) is 1. The van der Waals surface area contributed by atoms with Gasteiger partial charge in [-0.15, -0.1) is 0 Å². The molecule has 5 heteroatoms. The topological polar surface area (TPSA) is 69.6 Å². The van der Waals surface area contributed by atoms with E-state index in [0.717, 1.165) is 0 Å². The van der Waals surface area contributed by atoms with Crippen molar-refractivity contribution < 1.29 is 15.0 Å². The van der Waals surface area contributed by atoms with Crippen LogP contribution in [0.15, 0.2) is 0 Å². The van der Waals surface area contributed by atoms with E-state index >= 15 is 0 Å². The second-order valence-electron chi connectivity index (χ2n) is 3.80. The number of thioether (sulfide) groups is 1. The largest absolute Gasteiger partial charge is 0.480 e. The zero-order chi connectivity index (χ0) is 11.9. The van der Waals surface area contributed by atoms with Crippen LogP contribution in [0.3, 0.4) is 0 Å². The lowest BCUT2D eigenvalue weighted by Crippen LogP contribution is -2.51. The van der Waals surface area contributed by atoms with Crippen molar-refractivity contribution in [3.8, 4) is 0 Å². The van der Waals surface area contributed by atoms with Gasteiger partial charge in [-0.3, -0.25) is 4.79 Å². The first-order valence-electron chi connectivity index (χ1n) is 5.17. The van der Waals surface area contributed by atoms with Crippen molar-refractivity contribution in [2.45, 2.75) is 38.0 Å². The van der Waals surface area contributed by atoms with E-state index in [9.17, 15) is 4.79 Å². The minimum Gasteiger partial charge on any atom is -0.480 e. The van der Waals surface area contributed by atoms with E-state index in [-0.39, 0.29) is 11.9 Å². The Bertz CT molecular complexity index is 201. The Morgan fingerprint density at radius 2 is 2.20 bits per heavy atom.